The molecule has 0 aliphatic carbocycles. The number of aliphatic hydroxyl groups excluding tert-OH is 1. The maximum atomic E-state index is 9.89. The molecule has 4 N–H and O–H groups in total. The molecule has 0 fully saturated rings. The van der Waals surface area contributed by atoms with Gasteiger partial charge in [-0.25, -0.2) is 0 Å². The molecule has 124 valence electrons. The quantitative estimate of drug-likeness (QED) is 0.329. The Kier molecular flexibility index (Phi) is 8.97. The number of nitrogens with zero attached hydrogens (tertiary/aromatic N) is 1. The molecule has 0 saturated heterocycles. The molecule has 0 amide bonds. The Morgan fingerprint density at radius 2 is 1.83 bits per heavy atom. The third kappa shape index (κ3) is 7.19. The minimum absolute atomic E-state index is 0. The van der Waals surface area contributed by atoms with E-state index in [9.17, 15) is 5.11 Å². The number of aliphatic imine (C=N–C) groups is 1. The van der Waals surface area contributed by atoms with Crippen molar-refractivity contribution >= 4 is 51.6 Å². The van der Waals surface area contributed by atoms with Crippen LogP contribution >= 0.6 is 39.9 Å². The van der Waals surface area contributed by atoms with Crippen LogP contribution in [0.15, 0.2) is 64.1 Å². The number of aliphatic hydroxyl groups is 1. The van der Waals surface area contributed by atoms with Gasteiger partial charge in [0.05, 0.1) is 11.0 Å². The Morgan fingerprint density at radius 1 is 1.17 bits per heavy atom. The fraction of sp³-hybridized carbons (Fsp3) is 0.188. The maximum absolute atomic E-state index is 9.89. The maximum Gasteiger partial charge on any atom is 0.193 e. The van der Waals surface area contributed by atoms with Crippen LogP contribution in [0.4, 0.5) is 5.69 Å². The lowest BCUT2D eigenvalue weighted by atomic mass is 10.3. The summed E-state index contributed by atoms with van der Waals surface area (Å²) < 4.78 is 6.37. The number of halogens is 2. The molecular formula is C16H19BrIN3O2. The van der Waals surface area contributed by atoms with Crippen molar-refractivity contribution in [2.75, 3.05) is 18.5 Å². The summed E-state index contributed by atoms with van der Waals surface area (Å²) in [5.74, 6) is 0.937. The van der Waals surface area contributed by atoms with Crippen LogP contribution in [0.3, 0.4) is 0 Å². The van der Waals surface area contributed by atoms with Gasteiger partial charge in [0.15, 0.2) is 5.96 Å². The third-order valence-corrected chi connectivity index (χ3v) is 3.44. The fourth-order valence-corrected chi connectivity index (χ4v) is 2.11. The van der Waals surface area contributed by atoms with E-state index in [1.807, 2.05) is 54.6 Å². The summed E-state index contributed by atoms with van der Waals surface area (Å²) in [6.45, 7) is 0.306. The van der Waals surface area contributed by atoms with E-state index in [1.165, 1.54) is 0 Å². The molecule has 1 unspecified atom stereocenters. The Balaban J connectivity index is 0.00000264. The lowest BCUT2D eigenvalue weighted by molar-refractivity contribution is 0.114. The van der Waals surface area contributed by atoms with Gasteiger partial charge >= 0.3 is 0 Å². The highest BCUT2D eigenvalue weighted by molar-refractivity contribution is 14.0. The van der Waals surface area contributed by atoms with Crippen molar-refractivity contribution in [2.24, 2.45) is 10.7 Å². The zero-order valence-corrected chi connectivity index (χ0v) is 16.3. The first-order valence-electron chi connectivity index (χ1n) is 6.82. The number of anilines is 1. The Morgan fingerprint density at radius 3 is 2.52 bits per heavy atom. The molecule has 2 rings (SSSR count). The molecule has 7 heteroatoms. The average molecular weight is 492 g/mol. The molecule has 0 spiro atoms. The van der Waals surface area contributed by atoms with E-state index in [1.54, 1.807) is 0 Å². The van der Waals surface area contributed by atoms with E-state index >= 15 is 0 Å². The van der Waals surface area contributed by atoms with Crippen molar-refractivity contribution in [1.29, 1.82) is 0 Å². The van der Waals surface area contributed by atoms with Crippen LogP contribution in [-0.4, -0.2) is 30.3 Å². The lowest BCUT2D eigenvalue weighted by Gasteiger charge is -2.12. The van der Waals surface area contributed by atoms with Crippen LogP contribution in [-0.2, 0) is 0 Å². The van der Waals surface area contributed by atoms with Gasteiger partial charge in [0.25, 0.3) is 0 Å². The standard InChI is InChI=1S/C16H18BrN3O2.HI/c17-14-8-4-5-9-15(14)22-11-13(21)10-19-16(18)20-12-6-2-1-3-7-12;/h1-9,13,21H,10-11H2,(H3,18,19,20);1H. The van der Waals surface area contributed by atoms with Gasteiger partial charge in [0, 0.05) is 5.69 Å². The SMILES string of the molecule is I.NC(=NCC(O)COc1ccccc1Br)Nc1ccccc1. The predicted molar refractivity (Wildman–Crippen MR) is 108 cm³/mol. The number of ether oxygens (including phenoxy) is 1. The topological polar surface area (TPSA) is 79.9 Å². The lowest BCUT2D eigenvalue weighted by Crippen LogP contribution is -2.27. The van der Waals surface area contributed by atoms with E-state index in [0.29, 0.717) is 5.75 Å². The van der Waals surface area contributed by atoms with Gasteiger partial charge < -0.3 is 20.9 Å². The summed E-state index contributed by atoms with van der Waals surface area (Å²) in [4.78, 5) is 4.10. The zero-order valence-electron chi connectivity index (χ0n) is 12.4. The second kappa shape index (κ2) is 10.5. The number of para-hydroxylation sites is 2. The van der Waals surface area contributed by atoms with Gasteiger partial charge in [-0.3, -0.25) is 4.99 Å². The molecule has 1 atom stereocenters. The van der Waals surface area contributed by atoms with Gasteiger partial charge in [-0.2, -0.15) is 0 Å². The smallest absolute Gasteiger partial charge is 0.193 e. The summed E-state index contributed by atoms with van der Waals surface area (Å²) in [7, 11) is 0. The number of benzene rings is 2. The minimum Gasteiger partial charge on any atom is -0.490 e. The first kappa shape index (κ1) is 19.7. The van der Waals surface area contributed by atoms with Crippen molar-refractivity contribution in [3.8, 4) is 5.75 Å². The molecule has 0 saturated carbocycles. The number of hydrogen-bond acceptors (Lipinski definition) is 3. The highest BCUT2D eigenvalue weighted by Gasteiger charge is 2.06. The van der Waals surface area contributed by atoms with Crippen molar-refractivity contribution in [1.82, 2.24) is 0 Å². The van der Waals surface area contributed by atoms with Crippen molar-refractivity contribution in [3.05, 3.63) is 59.1 Å². The summed E-state index contributed by atoms with van der Waals surface area (Å²) >= 11 is 3.38. The van der Waals surface area contributed by atoms with Gasteiger partial charge in [-0.15, -0.1) is 24.0 Å². The molecule has 23 heavy (non-hydrogen) atoms. The van der Waals surface area contributed by atoms with Crippen molar-refractivity contribution < 1.29 is 9.84 Å². The molecule has 2 aromatic carbocycles. The molecule has 0 aliphatic heterocycles. The van der Waals surface area contributed by atoms with Gasteiger partial charge in [-0.1, -0.05) is 30.3 Å². The van der Waals surface area contributed by atoms with E-state index < -0.39 is 6.10 Å². The molecular weight excluding hydrogens is 473 g/mol. The van der Waals surface area contributed by atoms with Crippen LogP contribution in [0.1, 0.15) is 0 Å². The van der Waals surface area contributed by atoms with Gasteiger partial charge in [0.2, 0.25) is 0 Å². The third-order valence-electron chi connectivity index (χ3n) is 2.79. The Bertz CT molecular complexity index is 626. The molecule has 2 aromatic rings. The largest absolute Gasteiger partial charge is 0.490 e. The molecule has 0 heterocycles. The van der Waals surface area contributed by atoms with E-state index in [2.05, 4.69) is 26.2 Å². The number of nitrogens with one attached hydrogen (secondary N) is 1. The van der Waals surface area contributed by atoms with Crippen LogP contribution < -0.4 is 15.8 Å². The van der Waals surface area contributed by atoms with Crippen LogP contribution in [0.5, 0.6) is 5.75 Å². The van der Waals surface area contributed by atoms with Crippen molar-refractivity contribution in [3.63, 3.8) is 0 Å². The monoisotopic (exact) mass is 491 g/mol. The molecule has 0 aromatic heterocycles. The summed E-state index contributed by atoms with van der Waals surface area (Å²) in [5.41, 5.74) is 6.61. The first-order valence-corrected chi connectivity index (χ1v) is 7.62. The fourth-order valence-electron chi connectivity index (χ4n) is 1.71. The normalized spacial score (nSPS) is 12.2. The second-order valence-electron chi connectivity index (χ2n) is 4.61. The number of nitrogens with two attached hydrogens (primary N) is 1. The van der Waals surface area contributed by atoms with Crippen LogP contribution in [0, 0.1) is 0 Å². The van der Waals surface area contributed by atoms with E-state index in [-0.39, 0.29) is 43.1 Å². The molecule has 0 aliphatic rings. The minimum atomic E-state index is -0.733. The molecule has 0 bridgehead atoms. The predicted octanol–water partition coefficient (Wildman–Crippen LogP) is 3.23. The zero-order chi connectivity index (χ0) is 15.8. The Hall–Kier alpha value is -1.32. The first-order chi connectivity index (χ1) is 10.6. The van der Waals surface area contributed by atoms with E-state index in [4.69, 9.17) is 10.5 Å². The summed E-state index contributed by atoms with van der Waals surface area (Å²) in [6, 6.07) is 16.9. The van der Waals surface area contributed by atoms with Gasteiger partial charge in [0.1, 0.15) is 18.5 Å². The summed E-state index contributed by atoms with van der Waals surface area (Å²) in [5, 5.41) is 12.8. The number of guanidine groups is 1. The van der Waals surface area contributed by atoms with Gasteiger partial charge in [-0.05, 0) is 40.2 Å². The van der Waals surface area contributed by atoms with E-state index in [0.717, 1.165) is 10.2 Å². The van der Waals surface area contributed by atoms with Crippen molar-refractivity contribution in [2.45, 2.75) is 6.10 Å². The average Bonchev–Trinajstić information content (AvgIpc) is 2.53. The Labute approximate surface area is 161 Å². The number of rotatable bonds is 6. The van der Waals surface area contributed by atoms with Crippen LogP contribution in [0.25, 0.3) is 0 Å². The molecule has 5 nitrogen and oxygen atoms in total. The highest BCUT2D eigenvalue weighted by atomic mass is 127. The highest BCUT2D eigenvalue weighted by Crippen LogP contribution is 2.23. The second-order valence-corrected chi connectivity index (χ2v) is 5.47. The van der Waals surface area contributed by atoms with Crippen LogP contribution in [0.2, 0.25) is 0 Å². The number of hydrogen-bond donors (Lipinski definition) is 3. The summed E-state index contributed by atoms with van der Waals surface area (Å²) in [6.07, 6.45) is -0.733. The molecule has 0 radical (unpaired) electrons.